The molecule has 0 heterocycles. The Morgan fingerprint density at radius 3 is 2.31 bits per heavy atom. The zero-order valence-electron chi connectivity index (χ0n) is 15.4. The van der Waals surface area contributed by atoms with E-state index in [1.165, 1.54) is 25.1 Å². The van der Waals surface area contributed by atoms with Gasteiger partial charge in [0.2, 0.25) is 0 Å². The standard InChI is InChI=1S/C23H16O6/c1-12-18-15(21(26)14-8-5-9-16(24)20(14)22(18)27)10-17(25)19(12)23(28)29-11-13-6-3-2-4-7-13/h2-10,24-25H,11H2,1H3. The highest BCUT2D eigenvalue weighted by molar-refractivity contribution is 6.30. The maximum absolute atomic E-state index is 13.0. The number of rotatable bonds is 3. The van der Waals surface area contributed by atoms with Crippen LogP contribution in [0.3, 0.4) is 0 Å². The van der Waals surface area contributed by atoms with E-state index in [0.717, 1.165) is 11.6 Å². The lowest BCUT2D eigenvalue weighted by molar-refractivity contribution is 0.0468. The summed E-state index contributed by atoms with van der Waals surface area (Å²) in [7, 11) is 0. The van der Waals surface area contributed by atoms with Crippen LogP contribution in [0.5, 0.6) is 11.5 Å². The van der Waals surface area contributed by atoms with Gasteiger partial charge in [0, 0.05) is 16.7 Å². The molecule has 0 aliphatic heterocycles. The number of hydrogen-bond donors (Lipinski definition) is 2. The van der Waals surface area contributed by atoms with Gasteiger partial charge in [-0.05, 0) is 30.2 Å². The van der Waals surface area contributed by atoms with Crippen LogP contribution >= 0.6 is 0 Å². The van der Waals surface area contributed by atoms with Crippen LogP contribution in [-0.2, 0) is 11.3 Å². The maximum atomic E-state index is 13.0. The minimum Gasteiger partial charge on any atom is -0.507 e. The van der Waals surface area contributed by atoms with Crippen molar-refractivity contribution in [3.8, 4) is 11.5 Å². The van der Waals surface area contributed by atoms with E-state index in [1.807, 2.05) is 6.07 Å². The highest BCUT2D eigenvalue weighted by Gasteiger charge is 2.36. The van der Waals surface area contributed by atoms with Gasteiger partial charge < -0.3 is 14.9 Å². The lowest BCUT2D eigenvalue weighted by Gasteiger charge is -2.22. The SMILES string of the molecule is Cc1c(C(=O)OCc2ccccc2)c(O)cc2c1C(=O)c1c(O)cccc1C2=O. The van der Waals surface area contributed by atoms with Crippen molar-refractivity contribution in [3.05, 3.63) is 93.5 Å². The fourth-order valence-electron chi connectivity index (χ4n) is 3.56. The van der Waals surface area contributed by atoms with Crippen molar-refractivity contribution in [3.63, 3.8) is 0 Å². The number of ether oxygens (including phenoxy) is 1. The molecule has 6 heteroatoms. The summed E-state index contributed by atoms with van der Waals surface area (Å²) < 4.78 is 5.28. The van der Waals surface area contributed by atoms with Gasteiger partial charge in [0.25, 0.3) is 0 Å². The van der Waals surface area contributed by atoms with Crippen LogP contribution in [0.2, 0.25) is 0 Å². The lowest BCUT2D eigenvalue weighted by atomic mass is 9.80. The number of phenols is 2. The average Bonchev–Trinajstić information content (AvgIpc) is 2.70. The molecule has 2 N–H and O–H groups in total. The molecule has 144 valence electrons. The largest absolute Gasteiger partial charge is 0.507 e. The summed E-state index contributed by atoms with van der Waals surface area (Å²) in [5.41, 5.74) is 0.630. The first kappa shape index (κ1) is 18.4. The maximum Gasteiger partial charge on any atom is 0.342 e. The Morgan fingerprint density at radius 1 is 0.862 bits per heavy atom. The number of aromatic hydroxyl groups is 2. The average molecular weight is 388 g/mol. The van der Waals surface area contributed by atoms with Crippen LogP contribution in [0.25, 0.3) is 0 Å². The highest BCUT2D eigenvalue weighted by atomic mass is 16.5. The minimum absolute atomic E-state index is 0.00780. The summed E-state index contributed by atoms with van der Waals surface area (Å²) in [5, 5.41) is 20.5. The number of carbonyl (C=O) groups excluding carboxylic acids is 3. The molecule has 1 aliphatic rings. The van der Waals surface area contributed by atoms with Crippen molar-refractivity contribution >= 4 is 17.5 Å². The first-order valence-corrected chi connectivity index (χ1v) is 8.89. The van der Waals surface area contributed by atoms with Crippen molar-refractivity contribution in [1.29, 1.82) is 0 Å². The number of hydrogen-bond acceptors (Lipinski definition) is 6. The minimum atomic E-state index is -0.810. The van der Waals surface area contributed by atoms with Crippen LogP contribution in [0.1, 0.15) is 53.3 Å². The Morgan fingerprint density at radius 2 is 1.59 bits per heavy atom. The molecule has 0 amide bonds. The van der Waals surface area contributed by atoms with Crippen molar-refractivity contribution in [1.82, 2.24) is 0 Å². The van der Waals surface area contributed by atoms with Crippen LogP contribution in [0, 0.1) is 6.92 Å². The van der Waals surface area contributed by atoms with Gasteiger partial charge >= 0.3 is 5.97 Å². The molecule has 6 nitrogen and oxygen atoms in total. The van der Waals surface area contributed by atoms with Gasteiger partial charge in [0.1, 0.15) is 23.7 Å². The molecule has 3 aromatic carbocycles. The molecule has 3 aromatic rings. The molecule has 0 fully saturated rings. The molecule has 0 bridgehead atoms. The van der Waals surface area contributed by atoms with E-state index in [0.29, 0.717) is 0 Å². The lowest BCUT2D eigenvalue weighted by Crippen LogP contribution is -2.24. The Bertz CT molecular complexity index is 1180. The Balaban J connectivity index is 1.77. The zero-order valence-corrected chi connectivity index (χ0v) is 15.4. The number of benzene rings is 3. The first-order chi connectivity index (χ1) is 13.9. The predicted octanol–water partition coefficient (Wildman–Crippen LogP) is 3.54. The third kappa shape index (κ3) is 2.95. The van der Waals surface area contributed by atoms with E-state index in [-0.39, 0.29) is 45.7 Å². The summed E-state index contributed by atoms with van der Waals surface area (Å²) in [5.74, 6) is -2.65. The van der Waals surface area contributed by atoms with E-state index in [1.54, 1.807) is 24.3 Å². The number of esters is 1. The summed E-state index contributed by atoms with van der Waals surface area (Å²) >= 11 is 0. The zero-order chi connectivity index (χ0) is 20.7. The molecule has 0 atom stereocenters. The van der Waals surface area contributed by atoms with Crippen molar-refractivity contribution in [2.45, 2.75) is 13.5 Å². The van der Waals surface area contributed by atoms with Gasteiger partial charge in [0.05, 0.1) is 5.56 Å². The second-order valence-corrected chi connectivity index (χ2v) is 6.74. The fourth-order valence-corrected chi connectivity index (χ4v) is 3.56. The molecular weight excluding hydrogens is 372 g/mol. The van der Waals surface area contributed by atoms with Crippen molar-refractivity contribution in [2.75, 3.05) is 0 Å². The third-order valence-corrected chi connectivity index (χ3v) is 4.96. The topological polar surface area (TPSA) is 101 Å². The predicted molar refractivity (Wildman–Crippen MR) is 103 cm³/mol. The van der Waals surface area contributed by atoms with Crippen LogP contribution in [-0.4, -0.2) is 27.7 Å². The molecule has 0 radical (unpaired) electrons. The molecule has 0 saturated heterocycles. The molecule has 4 rings (SSSR count). The van der Waals surface area contributed by atoms with E-state index < -0.39 is 23.3 Å². The van der Waals surface area contributed by atoms with Crippen LogP contribution in [0.4, 0.5) is 0 Å². The van der Waals surface area contributed by atoms with Gasteiger partial charge in [-0.3, -0.25) is 9.59 Å². The summed E-state index contributed by atoms with van der Waals surface area (Å²) in [6.45, 7) is 1.46. The first-order valence-electron chi connectivity index (χ1n) is 8.89. The normalized spacial score (nSPS) is 12.3. The van der Waals surface area contributed by atoms with Crippen LogP contribution in [0.15, 0.2) is 54.6 Å². The van der Waals surface area contributed by atoms with E-state index in [4.69, 9.17) is 4.74 Å². The van der Waals surface area contributed by atoms with E-state index in [9.17, 15) is 24.6 Å². The molecular formula is C23H16O6. The smallest absolute Gasteiger partial charge is 0.342 e. The third-order valence-electron chi connectivity index (χ3n) is 4.96. The number of carbonyl (C=O) groups is 3. The summed E-state index contributed by atoms with van der Waals surface area (Å²) in [6, 6.07) is 14.3. The summed E-state index contributed by atoms with van der Waals surface area (Å²) in [6.07, 6.45) is 0. The Hall–Kier alpha value is -3.93. The van der Waals surface area contributed by atoms with Crippen LogP contribution < -0.4 is 0 Å². The van der Waals surface area contributed by atoms with Crippen molar-refractivity contribution < 1.29 is 29.3 Å². The van der Waals surface area contributed by atoms with Crippen molar-refractivity contribution in [2.24, 2.45) is 0 Å². The number of ketones is 2. The molecule has 0 saturated carbocycles. The second-order valence-electron chi connectivity index (χ2n) is 6.74. The Labute approximate surface area is 166 Å². The summed E-state index contributed by atoms with van der Waals surface area (Å²) in [4.78, 5) is 38.4. The van der Waals surface area contributed by atoms with Gasteiger partial charge in [-0.15, -0.1) is 0 Å². The molecule has 0 unspecified atom stereocenters. The quantitative estimate of drug-likeness (QED) is 0.521. The van der Waals surface area contributed by atoms with E-state index in [2.05, 4.69) is 0 Å². The Kier molecular flexibility index (Phi) is 4.39. The second kappa shape index (κ2) is 6.91. The number of fused-ring (bicyclic) bond motifs is 2. The highest BCUT2D eigenvalue weighted by Crippen LogP contribution is 2.38. The van der Waals surface area contributed by atoms with E-state index >= 15 is 0 Å². The molecule has 0 spiro atoms. The van der Waals surface area contributed by atoms with Gasteiger partial charge in [-0.1, -0.05) is 42.5 Å². The fraction of sp³-hybridized carbons (Fsp3) is 0.0870. The number of phenolic OH excluding ortho intramolecular Hbond substituents is 2. The van der Waals surface area contributed by atoms with Gasteiger partial charge in [0.15, 0.2) is 11.6 Å². The monoisotopic (exact) mass is 388 g/mol. The van der Waals surface area contributed by atoms with Gasteiger partial charge in [-0.25, -0.2) is 4.79 Å². The molecule has 0 aromatic heterocycles. The molecule has 1 aliphatic carbocycles. The van der Waals surface area contributed by atoms with Gasteiger partial charge in [-0.2, -0.15) is 0 Å². The molecule has 29 heavy (non-hydrogen) atoms.